The monoisotopic (exact) mass is 247 g/mol. The van der Waals surface area contributed by atoms with Crippen molar-refractivity contribution in [2.24, 2.45) is 5.73 Å². The van der Waals surface area contributed by atoms with Crippen molar-refractivity contribution in [3.63, 3.8) is 0 Å². The molecule has 0 aliphatic heterocycles. The van der Waals surface area contributed by atoms with Gasteiger partial charge in [-0.1, -0.05) is 0 Å². The van der Waals surface area contributed by atoms with Crippen LogP contribution in [0.4, 0.5) is 4.79 Å². The van der Waals surface area contributed by atoms with E-state index in [-0.39, 0.29) is 12.6 Å². The molecule has 0 aliphatic carbocycles. The van der Waals surface area contributed by atoms with Gasteiger partial charge in [-0.05, 0) is 13.8 Å². The first-order valence-electron chi connectivity index (χ1n) is 4.99. The molecule has 0 saturated carbocycles. The minimum Gasteiger partial charge on any atom is -0.479 e. The lowest BCUT2D eigenvalue weighted by molar-refractivity contribution is -0.146. The largest absolute Gasteiger partial charge is 0.479 e. The van der Waals surface area contributed by atoms with Crippen molar-refractivity contribution in [2.75, 3.05) is 13.1 Å². The molecular formula is C9H17N3O5. The van der Waals surface area contributed by atoms with Crippen molar-refractivity contribution in [2.45, 2.75) is 26.0 Å². The summed E-state index contributed by atoms with van der Waals surface area (Å²) in [6.45, 7) is 2.65. The molecule has 17 heavy (non-hydrogen) atoms. The number of carboxylic acids is 1. The highest BCUT2D eigenvalue weighted by Gasteiger charge is 2.21. The Labute approximate surface area is 98.4 Å². The number of hydrogen-bond donors (Lipinski definition) is 4. The Morgan fingerprint density at radius 1 is 1.35 bits per heavy atom. The summed E-state index contributed by atoms with van der Waals surface area (Å²) in [5.74, 6) is -2.11. The maximum atomic E-state index is 11.6. The fourth-order valence-corrected chi connectivity index (χ4v) is 1.03. The highest BCUT2D eigenvalue weighted by Crippen LogP contribution is 1.98. The fraction of sp³-hybridized carbons (Fsp3) is 0.667. The standard InChI is InChI=1S/C9H17N3O5/c1-5(2)12(4-7(10)14)9(17)11-3-6(13)8(15)16/h5-6,13H,3-4H2,1-2H3,(H2,10,14)(H,11,17)(H,15,16)/t6-/m0/s1. The first-order valence-corrected chi connectivity index (χ1v) is 4.99. The maximum Gasteiger partial charge on any atom is 0.334 e. The molecule has 0 aromatic heterocycles. The molecule has 0 spiro atoms. The van der Waals surface area contributed by atoms with Crippen molar-refractivity contribution in [1.29, 1.82) is 0 Å². The Balaban J connectivity index is 4.33. The molecule has 98 valence electrons. The lowest BCUT2D eigenvalue weighted by Gasteiger charge is -2.25. The Morgan fingerprint density at radius 2 is 1.88 bits per heavy atom. The van der Waals surface area contributed by atoms with E-state index in [9.17, 15) is 14.4 Å². The lowest BCUT2D eigenvalue weighted by atomic mass is 10.3. The van der Waals surface area contributed by atoms with E-state index in [1.54, 1.807) is 13.8 Å². The first-order chi connectivity index (χ1) is 7.75. The summed E-state index contributed by atoms with van der Waals surface area (Å²) in [4.78, 5) is 33.7. The van der Waals surface area contributed by atoms with Crippen LogP contribution >= 0.6 is 0 Å². The zero-order chi connectivity index (χ0) is 13.6. The van der Waals surface area contributed by atoms with Crippen molar-refractivity contribution in [1.82, 2.24) is 10.2 Å². The van der Waals surface area contributed by atoms with Gasteiger partial charge in [-0.3, -0.25) is 4.79 Å². The number of amides is 3. The van der Waals surface area contributed by atoms with Gasteiger partial charge in [0.05, 0.1) is 6.54 Å². The number of nitrogens with zero attached hydrogens (tertiary/aromatic N) is 1. The van der Waals surface area contributed by atoms with E-state index in [0.29, 0.717) is 0 Å². The number of hydrogen-bond acceptors (Lipinski definition) is 4. The maximum absolute atomic E-state index is 11.6. The van der Waals surface area contributed by atoms with Crippen molar-refractivity contribution in [3.05, 3.63) is 0 Å². The zero-order valence-corrected chi connectivity index (χ0v) is 9.71. The van der Waals surface area contributed by atoms with Crippen LogP contribution in [0.15, 0.2) is 0 Å². The molecule has 0 unspecified atom stereocenters. The SMILES string of the molecule is CC(C)N(CC(N)=O)C(=O)NC[C@H](O)C(=O)O. The first kappa shape index (κ1) is 15.2. The Kier molecular flexibility index (Phi) is 5.97. The van der Waals surface area contributed by atoms with E-state index in [4.69, 9.17) is 15.9 Å². The summed E-state index contributed by atoms with van der Waals surface area (Å²) < 4.78 is 0. The van der Waals surface area contributed by atoms with E-state index < -0.39 is 30.6 Å². The summed E-state index contributed by atoms with van der Waals surface area (Å²) in [5, 5.41) is 19.6. The molecule has 8 nitrogen and oxygen atoms in total. The van der Waals surface area contributed by atoms with Crippen molar-refractivity contribution in [3.8, 4) is 0 Å². The third kappa shape index (κ3) is 5.71. The highest BCUT2D eigenvalue weighted by atomic mass is 16.4. The molecule has 8 heteroatoms. The van der Waals surface area contributed by atoms with E-state index in [2.05, 4.69) is 5.32 Å². The molecule has 0 rings (SSSR count). The topological polar surface area (TPSA) is 133 Å². The minimum atomic E-state index is -1.68. The van der Waals surface area contributed by atoms with Crippen LogP contribution in [-0.4, -0.2) is 58.3 Å². The molecule has 1 atom stereocenters. The average molecular weight is 247 g/mol. The fourth-order valence-electron chi connectivity index (χ4n) is 1.03. The van der Waals surface area contributed by atoms with Gasteiger partial charge in [-0.2, -0.15) is 0 Å². The van der Waals surface area contributed by atoms with Crippen LogP contribution in [0.3, 0.4) is 0 Å². The Bertz CT molecular complexity index is 305. The van der Waals surface area contributed by atoms with Gasteiger partial charge in [0.25, 0.3) is 0 Å². The molecule has 3 amide bonds. The van der Waals surface area contributed by atoms with Gasteiger partial charge in [0.1, 0.15) is 6.54 Å². The summed E-state index contributed by atoms with van der Waals surface area (Å²) >= 11 is 0. The van der Waals surface area contributed by atoms with Crippen LogP contribution in [-0.2, 0) is 9.59 Å². The molecule has 0 aromatic carbocycles. The summed E-state index contributed by atoms with van der Waals surface area (Å²) in [6, 6.07) is -0.927. The number of urea groups is 1. The van der Waals surface area contributed by atoms with Crippen molar-refractivity contribution >= 4 is 17.9 Å². The molecule has 0 fully saturated rings. The third-order valence-electron chi connectivity index (χ3n) is 1.94. The molecular weight excluding hydrogens is 230 g/mol. The Morgan fingerprint density at radius 3 is 2.24 bits per heavy atom. The van der Waals surface area contributed by atoms with Gasteiger partial charge < -0.3 is 26.2 Å². The van der Waals surface area contributed by atoms with Crippen LogP contribution in [0, 0.1) is 0 Å². The van der Waals surface area contributed by atoms with Gasteiger partial charge in [-0.15, -0.1) is 0 Å². The quantitative estimate of drug-likeness (QED) is 0.445. The van der Waals surface area contributed by atoms with Crippen LogP contribution in [0.1, 0.15) is 13.8 Å². The van der Waals surface area contributed by atoms with Gasteiger partial charge in [-0.25, -0.2) is 9.59 Å². The second kappa shape index (κ2) is 6.69. The minimum absolute atomic E-state index is 0.271. The van der Waals surface area contributed by atoms with Gasteiger partial charge in [0.15, 0.2) is 6.10 Å². The second-order valence-corrected chi connectivity index (χ2v) is 3.73. The number of aliphatic hydroxyl groups is 1. The highest BCUT2D eigenvalue weighted by molar-refractivity contribution is 5.83. The summed E-state index contributed by atoms with van der Waals surface area (Å²) in [6.07, 6.45) is -1.68. The summed E-state index contributed by atoms with van der Waals surface area (Å²) in [5.41, 5.74) is 4.97. The van der Waals surface area contributed by atoms with Crippen molar-refractivity contribution < 1.29 is 24.6 Å². The third-order valence-corrected chi connectivity index (χ3v) is 1.94. The van der Waals surface area contributed by atoms with E-state index >= 15 is 0 Å². The molecule has 0 heterocycles. The smallest absolute Gasteiger partial charge is 0.334 e. The molecule has 0 aromatic rings. The number of primary amides is 1. The number of rotatable bonds is 6. The molecule has 0 radical (unpaired) electrons. The second-order valence-electron chi connectivity index (χ2n) is 3.73. The number of aliphatic carboxylic acids is 1. The molecule has 5 N–H and O–H groups in total. The van der Waals surface area contributed by atoms with Gasteiger partial charge in [0.2, 0.25) is 5.91 Å². The number of carboxylic acid groups (broad SMARTS) is 1. The van der Waals surface area contributed by atoms with Crippen LogP contribution in [0.25, 0.3) is 0 Å². The number of carbonyl (C=O) groups is 3. The number of nitrogens with one attached hydrogen (secondary N) is 1. The number of carbonyl (C=O) groups excluding carboxylic acids is 2. The van der Waals surface area contributed by atoms with Crippen LogP contribution < -0.4 is 11.1 Å². The van der Waals surface area contributed by atoms with E-state index in [0.717, 1.165) is 4.90 Å². The lowest BCUT2D eigenvalue weighted by Crippen LogP contribution is -2.50. The molecule has 0 aliphatic rings. The number of nitrogens with two attached hydrogens (primary N) is 1. The van der Waals surface area contributed by atoms with E-state index in [1.165, 1.54) is 0 Å². The van der Waals surface area contributed by atoms with Crippen LogP contribution in [0.5, 0.6) is 0 Å². The zero-order valence-electron chi connectivity index (χ0n) is 9.71. The van der Waals surface area contributed by atoms with Crippen LogP contribution in [0.2, 0.25) is 0 Å². The molecule has 0 saturated heterocycles. The summed E-state index contributed by atoms with van der Waals surface area (Å²) in [7, 11) is 0. The predicted octanol–water partition coefficient (Wildman–Crippen LogP) is -1.66. The predicted molar refractivity (Wildman–Crippen MR) is 58.1 cm³/mol. The molecule has 0 bridgehead atoms. The normalized spacial score (nSPS) is 12.0. The Hall–Kier alpha value is -1.83. The van der Waals surface area contributed by atoms with Gasteiger partial charge >= 0.3 is 12.0 Å². The number of aliphatic hydroxyl groups excluding tert-OH is 1. The average Bonchev–Trinajstić information content (AvgIpc) is 2.21. The van der Waals surface area contributed by atoms with Gasteiger partial charge in [0, 0.05) is 6.04 Å². The van der Waals surface area contributed by atoms with E-state index in [1.807, 2.05) is 0 Å².